The van der Waals surface area contributed by atoms with E-state index in [4.69, 9.17) is 0 Å². The van der Waals surface area contributed by atoms with E-state index in [2.05, 4.69) is 144 Å². The number of benzene rings is 7. The van der Waals surface area contributed by atoms with Gasteiger partial charge in [0.1, 0.15) is 0 Å². The zero-order valence-corrected chi connectivity index (χ0v) is 26.6. The van der Waals surface area contributed by atoms with Crippen LogP contribution >= 0.6 is 0 Å². The Morgan fingerprint density at radius 1 is 0.426 bits per heavy atom. The summed E-state index contributed by atoms with van der Waals surface area (Å²) in [4.78, 5) is 2.59. The van der Waals surface area contributed by atoms with Gasteiger partial charge in [0.15, 0.2) is 0 Å². The number of hydrogen-bond donors (Lipinski definition) is 0. The van der Waals surface area contributed by atoms with Crippen molar-refractivity contribution < 1.29 is 0 Å². The Labute approximate surface area is 276 Å². The van der Waals surface area contributed by atoms with Crippen LogP contribution in [-0.4, -0.2) is 0 Å². The third kappa shape index (κ3) is 3.50. The lowest BCUT2D eigenvalue weighted by Crippen LogP contribution is -2.55. The highest BCUT2D eigenvalue weighted by molar-refractivity contribution is 6.15. The van der Waals surface area contributed by atoms with Crippen molar-refractivity contribution in [3.8, 4) is 11.1 Å². The summed E-state index contributed by atoms with van der Waals surface area (Å²) >= 11 is 0. The summed E-state index contributed by atoms with van der Waals surface area (Å²) in [5.74, 6) is 3.34. The minimum Gasteiger partial charge on any atom is -0.309 e. The highest BCUT2D eigenvalue weighted by Crippen LogP contribution is 2.69. The van der Waals surface area contributed by atoms with E-state index >= 15 is 0 Å². The standard InChI is InChI=1S/C46H37N/c1-4-14-37-31(10-1)12-9-19-44(37)47(45-27-32-11-2-3-13-36(32)38-15-5-6-17-41(38)45)35-20-21-40-39-16-7-8-18-42(39)46(43(40)28-35)33-23-29-22-30(25-33)26-34(46)24-29/h1-21,27-30,33-34H,22-26H2. The van der Waals surface area contributed by atoms with Crippen LogP contribution in [0.5, 0.6) is 0 Å². The molecule has 47 heavy (non-hydrogen) atoms. The van der Waals surface area contributed by atoms with Crippen LogP contribution in [-0.2, 0) is 5.41 Å². The van der Waals surface area contributed by atoms with Gasteiger partial charge in [-0.15, -0.1) is 0 Å². The number of anilines is 3. The van der Waals surface area contributed by atoms with Crippen molar-refractivity contribution >= 4 is 49.4 Å². The van der Waals surface area contributed by atoms with Gasteiger partial charge in [0.25, 0.3) is 0 Å². The molecule has 4 fully saturated rings. The molecule has 7 aromatic carbocycles. The molecule has 7 aromatic rings. The lowest BCUT2D eigenvalue weighted by Gasteiger charge is -2.61. The molecule has 4 saturated carbocycles. The molecule has 0 aromatic heterocycles. The first kappa shape index (κ1) is 26.2. The van der Waals surface area contributed by atoms with Crippen molar-refractivity contribution in [1.82, 2.24) is 0 Å². The highest BCUT2D eigenvalue weighted by atomic mass is 15.1. The molecule has 0 aliphatic heterocycles. The maximum absolute atomic E-state index is 2.64. The fourth-order valence-electron chi connectivity index (χ4n) is 11.3. The van der Waals surface area contributed by atoms with Crippen LogP contribution in [0.1, 0.15) is 43.2 Å². The van der Waals surface area contributed by atoms with Gasteiger partial charge >= 0.3 is 0 Å². The minimum absolute atomic E-state index is 0.130. The summed E-state index contributed by atoms with van der Waals surface area (Å²) in [6.07, 6.45) is 7.06. The Hall–Kier alpha value is -4.88. The Kier molecular flexibility index (Phi) is 5.34. The molecule has 0 amide bonds. The Balaban J connectivity index is 1.22. The van der Waals surface area contributed by atoms with Gasteiger partial charge in [-0.05, 0) is 124 Å². The van der Waals surface area contributed by atoms with Crippen molar-refractivity contribution in [1.29, 1.82) is 0 Å². The van der Waals surface area contributed by atoms with Gasteiger partial charge in [-0.3, -0.25) is 0 Å². The van der Waals surface area contributed by atoms with E-state index in [-0.39, 0.29) is 5.41 Å². The molecule has 5 aliphatic carbocycles. The minimum atomic E-state index is 0.130. The molecule has 0 N–H and O–H groups in total. The van der Waals surface area contributed by atoms with E-state index in [1.165, 1.54) is 92.6 Å². The summed E-state index contributed by atoms with van der Waals surface area (Å²) in [6.45, 7) is 0. The van der Waals surface area contributed by atoms with Crippen LogP contribution in [0.3, 0.4) is 0 Å². The van der Waals surface area contributed by atoms with Crippen LogP contribution in [0.15, 0.2) is 140 Å². The van der Waals surface area contributed by atoms with Crippen molar-refractivity contribution in [2.24, 2.45) is 23.7 Å². The first-order valence-electron chi connectivity index (χ1n) is 17.7. The predicted octanol–water partition coefficient (Wildman–Crippen LogP) is 12.3. The highest BCUT2D eigenvalue weighted by Gasteiger charge is 2.61. The van der Waals surface area contributed by atoms with Gasteiger partial charge < -0.3 is 4.90 Å². The smallest absolute Gasteiger partial charge is 0.0546 e. The third-order valence-corrected chi connectivity index (χ3v) is 12.8. The van der Waals surface area contributed by atoms with E-state index in [1.54, 1.807) is 11.1 Å². The summed E-state index contributed by atoms with van der Waals surface area (Å²) in [5, 5.41) is 7.72. The van der Waals surface area contributed by atoms with E-state index < -0.39 is 0 Å². The molecule has 1 heteroatoms. The summed E-state index contributed by atoms with van der Waals surface area (Å²) in [6, 6.07) is 53.0. The first-order valence-corrected chi connectivity index (χ1v) is 17.7. The van der Waals surface area contributed by atoms with Crippen molar-refractivity contribution in [3.63, 3.8) is 0 Å². The average molecular weight is 604 g/mol. The Morgan fingerprint density at radius 2 is 1.04 bits per heavy atom. The van der Waals surface area contributed by atoms with Crippen LogP contribution in [0.4, 0.5) is 17.1 Å². The molecule has 0 radical (unpaired) electrons. The van der Waals surface area contributed by atoms with E-state index in [0.29, 0.717) is 0 Å². The van der Waals surface area contributed by atoms with E-state index in [1.807, 2.05) is 0 Å². The van der Waals surface area contributed by atoms with E-state index in [9.17, 15) is 0 Å². The Bertz CT molecular complexity index is 2360. The zero-order chi connectivity index (χ0) is 30.7. The largest absolute Gasteiger partial charge is 0.309 e. The van der Waals surface area contributed by atoms with Gasteiger partial charge in [0, 0.05) is 21.9 Å². The summed E-state index contributed by atoms with van der Waals surface area (Å²) < 4.78 is 0. The van der Waals surface area contributed by atoms with Crippen molar-refractivity contribution in [2.75, 3.05) is 4.90 Å². The van der Waals surface area contributed by atoms with Crippen molar-refractivity contribution in [2.45, 2.75) is 37.5 Å². The Morgan fingerprint density at radius 3 is 1.85 bits per heavy atom. The number of fused-ring (bicyclic) bond motifs is 7. The van der Waals surface area contributed by atoms with Gasteiger partial charge in [-0.2, -0.15) is 0 Å². The van der Waals surface area contributed by atoms with Crippen LogP contribution in [0.2, 0.25) is 0 Å². The predicted molar refractivity (Wildman–Crippen MR) is 197 cm³/mol. The molecule has 226 valence electrons. The summed E-state index contributed by atoms with van der Waals surface area (Å²) in [5.41, 5.74) is 10.0. The lowest BCUT2D eigenvalue weighted by molar-refractivity contribution is -0.0399. The molecular weight excluding hydrogens is 567 g/mol. The molecule has 0 saturated heterocycles. The third-order valence-electron chi connectivity index (χ3n) is 12.8. The van der Waals surface area contributed by atoms with Gasteiger partial charge in [0.05, 0.1) is 11.4 Å². The normalized spacial score (nSPS) is 25.1. The fourth-order valence-corrected chi connectivity index (χ4v) is 11.3. The number of nitrogens with zero attached hydrogens (tertiary/aromatic N) is 1. The maximum Gasteiger partial charge on any atom is 0.0546 e. The molecular formula is C46H37N. The quantitative estimate of drug-likeness (QED) is 0.182. The second-order valence-corrected chi connectivity index (χ2v) is 14.9. The monoisotopic (exact) mass is 603 g/mol. The van der Waals surface area contributed by atoms with Gasteiger partial charge in [0.2, 0.25) is 0 Å². The number of hydrogen-bond acceptors (Lipinski definition) is 1. The zero-order valence-electron chi connectivity index (χ0n) is 26.6. The average Bonchev–Trinajstić information content (AvgIpc) is 3.41. The number of rotatable bonds is 3. The van der Waals surface area contributed by atoms with Crippen molar-refractivity contribution in [3.05, 3.63) is 151 Å². The van der Waals surface area contributed by atoms with Crippen LogP contribution in [0.25, 0.3) is 43.4 Å². The molecule has 12 rings (SSSR count). The molecule has 0 unspecified atom stereocenters. The van der Waals surface area contributed by atoms with E-state index in [0.717, 1.165) is 23.7 Å². The lowest BCUT2D eigenvalue weighted by atomic mass is 9.43. The van der Waals surface area contributed by atoms with Crippen LogP contribution < -0.4 is 4.90 Å². The topological polar surface area (TPSA) is 3.24 Å². The molecule has 0 atom stereocenters. The summed E-state index contributed by atoms with van der Waals surface area (Å²) in [7, 11) is 0. The molecule has 5 aliphatic rings. The SMILES string of the molecule is c1ccc2c(c1)-c1ccc(N(c3cccc4ccccc34)c3cc4ccccc4c4ccccc34)cc1C21C2CC3CC(C2)CC1C3. The molecule has 4 bridgehead atoms. The maximum atomic E-state index is 2.64. The van der Waals surface area contributed by atoms with Gasteiger partial charge in [-0.1, -0.05) is 115 Å². The first-order chi connectivity index (χ1) is 23.3. The second-order valence-electron chi connectivity index (χ2n) is 14.9. The molecule has 0 heterocycles. The van der Waals surface area contributed by atoms with Gasteiger partial charge in [-0.25, -0.2) is 0 Å². The van der Waals surface area contributed by atoms with Crippen LogP contribution in [0, 0.1) is 23.7 Å². The molecule has 1 nitrogen and oxygen atoms in total. The second kappa shape index (κ2) is 9.58. The fraction of sp³-hybridized carbons (Fsp3) is 0.217. The molecule has 1 spiro atoms.